The molecular weight excluding hydrogens is 343 g/mol. The van der Waals surface area contributed by atoms with Gasteiger partial charge in [0.1, 0.15) is 11.6 Å². The molecular formula is C19H22ClFN2O2. The predicted molar refractivity (Wildman–Crippen MR) is 97.5 cm³/mol. The number of carbonyl (C=O) groups is 1. The molecule has 0 radical (unpaired) electrons. The summed E-state index contributed by atoms with van der Waals surface area (Å²) in [5.74, 6) is 0.0867. The fourth-order valence-corrected chi connectivity index (χ4v) is 2.72. The van der Waals surface area contributed by atoms with Gasteiger partial charge in [0, 0.05) is 11.6 Å². The molecule has 0 aliphatic carbocycles. The van der Waals surface area contributed by atoms with Crippen LogP contribution in [0.5, 0.6) is 5.75 Å². The molecule has 0 aromatic heterocycles. The van der Waals surface area contributed by atoms with Gasteiger partial charge in [-0.2, -0.15) is 0 Å². The van der Waals surface area contributed by atoms with Crippen molar-refractivity contribution < 1.29 is 13.9 Å². The molecule has 134 valence electrons. The average molecular weight is 365 g/mol. The van der Waals surface area contributed by atoms with E-state index >= 15 is 0 Å². The number of hydrogen-bond acceptors (Lipinski definition) is 3. The van der Waals surface area contributed by atoms with E-state index in [0.717, 1.165) is 11.1 Å². The number of likely N-dealkylation sites (N-methyl/N-ethyl adjacent to an activating group) is 1. The van der Waals surface area contributed by atoms with E-state index in [1.54, 1.807) is 24.3 Å². The minimum absolute atomic E-state index is 0.0915. The number of rotatable bonds is 7. The van der Waals surface area contributed by atoms with Crippen molar-refractivity contribution in [1.29, 1.82) is 0 Å². The van der Waals surface area contributed by atoms with Crippen LogP contribution in [-0.4, -0.2) is 38.1 Å². The van der Waals surface area contributed by atoms with Gasteiger partial charge < -0.3 is 15.0 Å². The summed E-state index contributed by atoms with van der Waals surface area (Å²) < 4.78 is 19.0. The van der Waals surface area contributed by atoms with Crippen molar-refractivity contribution in [2.24, 2.45) is 0 Å². The van der Waals surface area contributed by atoms with E-state index < -0.39 is 0 Å². The Morgan fingerprint density at radius 3 is 2.68 bits per heavy atom. The van der Waals surface area contributed by atoms with Gasteiger partial charge in [0.05, 0.1) is 6.04 Å². The highest BCUT2D eigenvalue weighted by Gasteiger charge is 2.16. The van der Waals surface area contributed by atoms with Gasteiger partial charge in [0.25, 0.3) is 5.91 Å². The van der Waals surface area contributed by atoms with E-state index in [2.05, 4.69) is 5.32 Å². The maximum atomic E-state index is 13.4. The second-order valence-corrected chi connectivity index (χ2v) is 6.47. The van der Waals surface area contributed by atoms with Crippen molar-refractivity contribution in [3.8, 4) is 5.75 Å². The van der Waals surface area contributed by atoms with E-state index in [-0.39, 0.29) is 24.4 Å². The summed E-state index contributed by atoms with van der Waals surface area (Å²) in [6.45, 7) is 2.13. The van der Waals surface area contributed by atoms with Crippen molar-refractivity contribution in [2.45, 2.75) is 13.0 Å². The normalized spacial score (nSPS) is 12.1. The second-order valence-electron chi connectivity index (χ2n) is 6.04. The second kappa shape index (κ2) is 8.83. The van der Waals surface area contributed by atoms with Crippen molar-refractivity contribution in [1.82, 2.24) is 10.2 Å². The molecule has 0 aliphatic rings. The standard InChI is InChI=1S/C19H22ClFN2O2/c1-13-9-15(20)7-8-18(13)25-12-19(24)22-11-17(23(2)3)14-5-4-6-16(21)10-14/h4-10,17H,11-12H2,1-3H3,(H,22,24). The molecule has 25 heavy (non-hydrogen) atoms. The number of benzene rings is 2. The topological polar surface area (TPSA) is 41.6 Å². The van der Waals surface area contributed by atoms with Crippen LogP contribution in [-0.2, 0) is 4.79 Å². The molecule has 6 heteroatoms. The molecule has 0 spiro atoms. The fourth-order valence-electron chi connectivity index (χ4n) is 2.49. The minimum atomic E-state index is -0.294. The van der Waals surface area contributed by atoms with Crippen LogP contribution in [0.2, 0.25) is 5.02 Å². The largest absolute Gasteiger partial charge is 0.484 e. The zero-order chi connectivity index (χ0) is 18.4. The number of amides is 1. The molecule has 1 unspecified atom stereocenters. The maximum Gasteiger partial charge on any atom is 0.258 e. The summed E-state index contributed by atoms with van der Waals surface area (Å²) in [6, 6.07) is 11.5. The zero-order valence-electron chi connectivity index (χ0n) is 14.6. The van der Waals surface area contributed by atoms with Crippen LogP contribution >= 0.6 is 11.6 Å². The lowest BCUT2D eigenvalue weighted by molar-refractivity contribution is -0.123. The summed E-state index contributed by atoms with van der Waals surface area (Å²) in [6.07, 6.45) is 0. The highest BCUT2D eigenvalue weighted by molar-refractivity contribution is 6.30. The van der Waals surface area contributed by atoms with Gasteiger partial charge in [0.2, 0.25) is 0 Å². The summed E-state index contributed by atoms with van der Waals surface area (Å²) in [5.41, 5.74) is 1.67. The van der Waals surface area contributed by atoms with Gasteiger partial charge in [0.15, 0.2) is 6.61 Å². The predicted octanol–water partition coefficient (Wildman–Crippen LogP) is 3.59. The Kier molecular flexibility index (Phi) is 6.79. The van der Waals surface area contributed by atoms with Crippen LogP contribution in [0, 0.1) is 12.7 Å². The lowest BCUT2D eigenvalue weighted by Crippen LogP contribution is -2.37. The van der Waals surface area contributed by atoms with E-state index in [9.17, 15) is 9.18 Å². The number of aryl methyl sites for hydroxylation is 1. The third-order valence-electron chi connectivity index (χ3n) is 3.85. The van der Waals surface area contributed by atoms with E-state index in [0.29, 0.717) is 17.3 Å². The van der Waals surface area contributed by atoms with Gasteiger partial charge >= 0.3 is 0 Å². The Morgan fingerprint density at radius 2 is 2.04 bits per heavy atom. The Labute approximate surface area is 152 Å². The van der Waals surface area contributed by atoms with Crippen molar-refractivity contribution in [3.05, 3.63) is 64.4 Å². The molecule has 2 aromatic carbocycles. The molecule has 1 N–H and O–H groups in total. The van der Waals surface area contributed by atoms with E-state index in [4.69, 9.17) is 16.3 Å². The molecule has 1 atom stereocenters. The highest BCUT2D eigenvalue weighted by atomic mass is 35.5. The van der Waals surface area contributed by atoms with Gasteiger partial charge in [-0.1, -0.05) is 23.7 Å². The van der Waals surface area contributed by atoms with Crippen LogP contribution in [0.25, 0.3) is 0 Å². The van der Waals surface area contributed by atoms with Crippen LogP contribution in [0.15, 0.2) is 42.5 Å². The van der Waals surface area contributed by atoms with Crippen molar-refractivity contribution in [2.75, 3.05) is 27.2 Å². The van der Waals surface area contributed by atoms with Crippen LogP contribution in [0.3, 0.4) is 0 Å². The summed E-state index contributed by atoms with van der Waals surface area (Å²) >= 11 is 5.90. The molecule has 2 rings (SSSR count). The molecule has 1 amide bonds. The number of hydrogen-bond donors (Lipinski definition) is 1. The van der Waals surface area contributed by atoms with Gasteiger partial charge in [-0.15, -0.1) is 0 Å². The Bertz CT molecular complexity index is 737. The highest BCUT2D eigenvalue weighted by Crippen LogP contribution is 2.22. The number of halogens is 2. The van der Waals surface area contributed by atoms with E-state index in [1.807, 2.05) is 32.0 Å². The molecule has 0 fully saturated rings. The maximum absolute atomic E-state index is 13.4. The van der Waals surface area contributed by atoms with Crippen LogP contribution in [0.1, 0.15) is 17.2 Å². The lowest BCUT2D eigenvalue weighted by Gasteiger charge is -2.25. The zero-order valence-corrected chi connectivity index (χ0v) is 15.3. The minimum Gasteiger partial charge on any atom is -0.484 e. The van der Waals surface area contributed by atoms with Crippen molar-refractivity contribution in [3.63, 3.8) is 0 Å². The van der Waals surface area contributed by atoms with Crippen LogP contribution < -0.4 is 10.1 Å². The molecule has 0 aliphatic heterocycles. The molecule has 0 saturated carbocycles. The molecule has 4 nitrogen and oxygen atoms in total. The molecule has 0 bridgehead atoms. The summed E-state index contributed by atoms with van der Waals surface area (Å²) in [7, 11) is 3.77. The van der Waals surface area contributed by atoms with E-state index in [1.165, 1.54) is 12.1 Å². The molecule has 0 saturated heterocycles. The average Bonchev–Trinajstić information content (AvgIpc) is 2.54. The number of carbonyl (C=O) groups excluding carboxylic acids is 1. The first-order valence-electron chi connectivity index (χ1n) is 7.94. The third-order valence-corrected chi connectivity index (χ3v) is 4.08. The van der Waals surface area contributed by atoms with Gasteiger partial charge in [-0.05, 0) is 62.5 Å². The molecule has 2 aromatic rings. The van der Waals surface area contributed by atoms with Gasteiger partial charge in [-0.25, -0.2) is 4.39 Å². The first-order chi connectivity index (χ1) is 11.9. The smallest absolute Gasteiger partial charge is 0.258 e. The summed E-state index contributed by atoms with van der Waals surface area (Å²) in [4.78, 5) is 14.0. The Balaban J connectivity index is 1.91. The number of ether oxygens (including phenoxy) is 1. The summed E-state index contributed by atoms with van der Waals surface area (Å²) in [5, 5.41) is 3.45. The molecule has 0 heterocycles. The van der Waals surface area contributed by atoms with Gasteiger partial charge in [-0.3, -0.25) is 4.79 Å². The third kappa shape index (κ3) is 5.73. The number of nitrogens with one attached hydrogen (secondary N) is 1. The van der Waals surface area contributed by atoms with Crippen LogP contribution in [0.4, 0.5) is 4.39 Å². The van der Waals surface area contributed by atoms with Crippen molar-refractivity contribution >= 4 is 17.5 Å². The quantitative estimate of drug-likeness (QED) is 0.816. The first-order valence-corrected chi connectivity index (χ1v) is 8.32. The number of nitrogens with zero attached hydrogens (tertiary/aromatic N) is 1. The Morgan fingerprint density at radius 1 is 1.28 bits per heavy atom. The first kappa shape index (κ1) is 19.2. The Hall–Kier alpha value is -2.11. The monoisotopic (exact) mass is 364 g/mol. The fraction of sp³-hybridized carbons (Fsp3) is 0.316. The lowest BCUT2D eigenvalue weighted by atomic mass is 10.1. The SMILES string of the molecule is Cc1cc(Cl)ccc1OCC(=O)NCC(c1cccc(F)c1)N(C)C.